The minimum absolute atomic E-state index is 0.0125. The number of hydrogen-bond acceptors (Lipinski definition) is 9. The molecule has 2 atom stereocenters. The smallest absolute Gasteiger partial charge is 0.271 e. The molecule has 0 unspecified atom stereocenters. The number of piperazine rings is 1. The van der Waals surface area contributed by atoms with Crippen LogP contribution in [0, 0.1) is 6.92 Å². The molecule has 1 saturated carbocycles. The SMILES string of the molecule is C=CC(=O)N[C@@H]1CCCC[C@@H]1Nc1nc(Nc2ccc(N3CCC(N4CCN(C)CC4)CC3)c(C)c2)c(C(N)=O)nc1CC. The summed E-state index contributed by atoms with van der Waals surface area (Å²) >= 11 is 0. The van der Waals surface area contributed by atoms with Gasteiger partial charge in [0.15, 0.2) is 17.3 Å². The van der Waals surface area contributed by atoms with Crippen molar-refractivity contribution in [2.45, 2.75) is 76.9 Å². The van der Waals surface area contributed by atoms with Gasteiger partial charge in [-0.15, -0.1) is 0 Å². The summed E-state index contributed by atoms with van der Waals surface area (Å²) in [6.07, 6.45) is 8.09. The van der Waals surface area contributed by atoms with Gasteiger partial charge in [0.05, 0.1) is 5.69 Å². The topological polar surface area (TPSA) is 132 Å². The molecule has 3 heterocycles. The van der Waals surface area contributed by atoms with E-state index in [9.17, 15) is 9.59 Å². The van der Waals surface area contributed by atoms with Gasteiger partial charge in [0.25, 0.3) is 5.91 Å². The van der Waals surface area contributed by atoms with Crippen molar-refractivity contribution in [3.8, 4) is 0 Å². The molecule has 0 spiro atoms. The molecule has 238 valence electrons. The van der Waals surface area contributed by atoms with Crippen molar-refractivity contribution in [3.05, 3.63) is 47.8 Å². The number of aromatic nitrogens is 2. The van der Waals surface area contributed by atoms with Crippen LogP contribution in [0.2, 0.25) is 0 Å². The van der Waals surface area contributed by atoms with Crippen LogP contribution in [-0.2, 0) is 11.2 Å². The molecule has 11 heteroatoms. The van der Waals surface area contributed by atoms with Crippen molar-refractivity contribution >= 4 is 34.8 Å². The predicted molar refractivity (Wildman–Crippen MR) is 177 cm³/mol. The average Bonchev–Trinajstić information content (AvgIpc) is 3.02. The molecule has 2 aliphatic heterocycles. The molecule has 5 rings (SSSR count). The number of benzene rings is 1. The monoisotopic (exact) mass is 603 g/mol. The van der Waals surface area contributed by atoms with E-state index in [1.165, 1.54) is 37.7 Å². The van der Waals surface area contributed by atoms with Crippen molar-refractivity contribution in [1.82, 2.24) is 25.1 Å². The first-order valence-corrected chi connectivity index (χ1v) is 16.2. The fourth-order valence-corrected chi connectivity index (χ4v) is 6.87. The number of amides is 2. The second-order valence-electron chi connectivity index (χ2n) is 12.5. The van der Waals surface area contributed by atoms with Crippen LogP contribution in [-0.4, -0.2) is 96.0 Å². The zero-order chi connectivity index (χ0) is 31.2. The number of hydrogen-bond donors (Lipinski definition) is 4. The van der Waals surface area contributed by atoms with Crippen molar-refractivity contribution in [2.75, 3.05) is 61.8 Å². The zero-order valence-corrected chi connectivity index (χ0v) is 26.6. The van der Waals surface area contributed by atoms with E-state index >= 15 is 0 Å². The highest BCUT2D eigenvalue weighted by Gasteiger charge is 2.29. The summed E-state index contributed by atoms with van der Waals surface area (Å²) in [4.78, 5) is 41.6. The molecule has 11 nitrogen and oxygen atoms in total. The van der Waals surface area contributed by atoms with Gasteiger partial charge in [-0.25, -0.2) is 9.97 Å². The maximum Gasteiger partial charge on any atom is 0.271 e. The fourth-order valence-electron chi connectivity index (χ4n) is 6.87. The standard InChI is InChI=1S/C33H49N9O2/c1-5-25-32(38-27-10-8-7-9-26(27)36-29(43)6-2)39-33(30(37-25)31(34)44)35-23-11-12-28(22(3)21-23)42-15-13-24(14-16-42)41-19-17-40(4)18-20-41/h6,11-12,21,24,26-27H,2,5,7-10,13-20H2,1,3-4H3,(H2,34,44)(H,36,43)(H2,35,38,39)/t26-,27+/m1/s1. The van der Waals surface area contributed by atoms with Gasteiger partial charge < -0.3 is 31.5 Å². The van der Waals surface area contributed by atoms with Crippen molar-refractivity contribution in [1.29, 1.82) is 0 Å². The average molecular weight is 604 g/mol. The molecule has 1 aliphatic carbocycles. The van der Waals surface area contributed by atoms with E-state index < -0.39 is 5.91 Å². The van der Waals surface area contributed by atoms with Gasteiger partial charge in [0.1, 0.15) is 0 Å². The minimum Gasteiger partial charge on any atom is -0.371 e. The molecular formula is C33H49N9O2. The molecular weight excluding hydrogens is 554 g/mol. The Kier molecular flexibility index (Phi) is 10.4. The van der Waals surface area contributed by atoms with Gasteiger partial charge in [-0.3, -0.25) is 14.5 Å². The van der Waals surface area contributed by atoms with Crippen molar-refractivity contribution in [2.24, 2.45) is 5.73 Å². The Labute approximate surface area is 261 Å². The molecule has 1 aromatic heterocycles. The third-order valence-electron chi connectivity index (χ3n) is 9.46. The molecule has 2 saturated heterocycles. The third kappa shape index (κ3) is 7.50. The molecule has 44 heavy (non-hydrogen) atoms. The number of primary amides is 1. The Morgan fingerprint density at radius 3 is 2.34 bits per heavy atom. The summed E-state index contributed by atoms with van der Waals surface area (Å²) in [5.41, 5.74) is 9.76. The van der Waals surface area contributed by atoms with Crippen LogP contribution in [0.1, 0.15) is 67.2 Å². The van der Waals surface area contributed by atoms with Crippen LogP contribution < -0.4 is 26.6 Å². The molecule has 0 radical (unpaired) electrons. The van der Waals surface area contributed by atoms with E-state index in [1.807, 2.05) is 13.0 Å². The first-order valence-electron chi connectivity index (χ1n) is 16.2. The first-order chi connectivity index (χ1) is 21.2. The van der Waals surface area contributed by atoms with E-state index in [2.05, 4.69) is 68.3 Å². The highest BCUT2D eigenvalue weighted by atomic mass is 16.2. The second-order valence-corrected chi connectivity index (χ2v) is 12.5. The van der Waals surface area contributed by atoms with Gasteiger partial charge in [-0.05, 0) is 75.9 Å². The lowest BCUT2D eigenvalue weighted by Crippen LogP contribution is -2.52. The quantitative estimate of drug-likeness (QED) is 0.302. The first kappa shape index (κ1) is 31.7. The summed E-state index contributed by atoms with van der Waals surface area (Å²) in [5.74, 6) is 0.0999. The lowest BCUT2D eigenvalue weighted by atomic mass is 9.90. The lowest BCUT2D eigenvalue weighted by Gasteiger charge is -2.43. The van der Waals surface area contributed by atoms with Gasteiger partial charge in [-0.1, -0.05) is 26.3 Å². The van der Waals surface area contributed by atoms with E-state index in [4.69, 9.17) is 10.7 Å². The number of nitrogens with one attached hydrogen (secondary N) is 3. The Balaban J connectivity index is 1.30. The van der Waals surface area contributed by atoms with E-state index in [-0.39, 0.29) is 23.7 Å². The number of likely N-dealkylation sites (N-methyl/N-ethyl adjacent to an activating group) is 1. The maximum atomic E-state index is 12.5. The van der Waals surface area contributed by atoms with Crippen LogP contribution in [0.4, 0.5) is 23.0 Å². The summed E-state index contributed by atoms with van der Waals surface area (Å²) < 4.78 is 0. The van der Waals surface area contributed by atoms with Crippen LogP contribution in [0.5, 0.6) is 0 Å². The molecule has 0 bridgehead atoms. The summed E-state index contributed by atoms with van der Waals surface area (Å²) in [5, 5.41) is 9.93. The predicted octanol–water partition coefficient (Wildman–Crippen LogP) is 3.43. The largest absolute Gasteiger partial charge is 0.371 e. The fraction of sp³-hybridized carbons (Fsp3) is 0.576. The van der Waals surface area contributed by atoms with Crippen LogP contribution >= 0.6 is 0 Å². The van der Waals surface area contributed by atoms with E-state index in [0.717, 1.165) is 63.1 Å². The Morgan fingerprint density at radius 2 is 1.70 bits per heavy atom. The van der Waals surface area contributed by atoms with Crippen LogP contribution in [0.3, 0.4) is 0 Å². The number of carbonyl (C=O) groups is 2. The van der Waals surface area contributed by atoms with E-state index in [0.29, 0.717) is 29.8 Å². The van der Waals surface area contributed by atoms with Gasteiger partial charge in [-0.2, -0.15) is 0 Å². The second kappa shape index (κ2) is 14.4. The molecule has 5 N–H and O–H groups in total. The Morgan fingerprint density at radius 1 is 1.00 bits per heavy atom. The number of nitrogens with two attached hydrogens (primary N) is 1. The number of anilines is 4. The van der Waals surface area contributed by atoms with Gasteiger partial charge >= 0.3 is 0 Å². The number of nitrogens with zero attached hydrogens (tertiary/aromatic N) is 5. The number of piperidine rings is 1. The Hall–Kier alpha value is -3.70. The minimum atomic E-state index is -0.633. The molecule has 3 aliphatic rings. The highest BCUT2D eigenvalue weighted by molar-refractivity contribution is 5.96. The summed E-state index contributed by atoms with van der Waals surface area (Å²) in [6, 6.07) is 6.89. The molecule has 2 aromatic rings. The Bertz CT molecular complexity index is 1330. The van der Waals surface area contributed by atoms with Crippen LogP contribution in [0.25, 0.3) is 0 Å². The molecule has 3 fully saturated rings. The maximum absolute atomic E-state index is 12.5. The zero-order valence-electron chi connectivity index (χ0n) is 26.6. The summed E-state index contributed by atoms with van der Waals surface area (Å²) in [6.45, 7) is 14.4. The lowest BCUT2D eigenvalue weighted by molar-refractivity contribution is -0.117. The number of rotatable bonds is 10. The number of aryl methyl sites for hydroxylation is 2. The molecule has 2 amide bonds. The van der Waals surface area contributed by atoms with Crippen LogP contribution in [0.15, 0.2) is 30.9 Å². The third-order valence-corrected chi connectivity index (χ3v) is 9.46. The highest BCUT2D eigenvalue weighted by Crippen LogP contribution is 2.31. The number of carbonyl (C=O) groups excluding carboxylic acids is 2. The summed E-state index contributed by atoms with van der Waals surface area (Å²) in [7, 11) is 2.21. The van der Waals surface area contributed by atoms with E-state index in [1.54, 1.807) is 0 Å². The normalized spacial score (nSPS) is 21.9. The van der Waals surface area contributed by atoms with Crippen molar-refractivity contribution in [3.63, 3.8) is 0 Å². The van der Waals surface area contributed by atoms with Crippen molar-refractivity contribution < 1.29 is 9.59 Å². The van der Waals surface area contributed by atoms with Gasteiger partial charge in [0, 0.05) is 68.8 Å². The van der Waals surface area contributed by atoms with Gasteiger partial charge in [0.2, 0.25) is 5.91 Å². The molecule has 1 aromatic carbocycles.